The molecule has 0 saturated heterocycles. The highest BCUT2D eigenvalue weighted by atomic mass is 32.1. The molecule has 0 aliphatic heterocycles. The van der Waals surface area contributed by atoms with Gasteiger partial charge in [-0.2, -0.15) is 0 Å². The maximum atomic E-state index is 12.9. The highest BCUT2D eigenvalue weighted by molar-refractivity contribution is 7.22. The summed E-state index contributed by atoms with van der Waals surface area (Å²) in [5, 5.41) is 26.8. The van der Waals surface area contributed by atoms with Crippen molar-refractivity contribution in [2.75, 3.05) is 24.4 Å². The Balaban J connectivity index is 0.000000214. The molecule has 7 nitrogen and oxygen atoms in total. The summed E-state index contributed by atoms with van der Waals surface area (Å²) in [6.07, 6.45) is 2.47. The second-order valence-electron chi connectivity index (χ2n) is 11.5. The van der Waals surface area contributed by atoms with Crippen molar-refractivity contribution in [1.82, 2.24) is 9.97 Å². The summed E-state index contributed by atoms with van der Waals surface area (Å²) in [5.74, 6) is -0.216. The molecule has 2 heterocycles. The molecule has 5 aromatic carbocycles. The van der Waals surface area contributed by atoms with Crippen molar-refractivity contribution in [2.24, 2.45) is 0 Å². The molecule has 7 rings (SSSR count). The number of nitrogens with one attached hydrogen (secondary N) is 2. The summed E-state index contributed by atoms with van der Waals surface area (Å²) in [6.45, 7) is 7.94. The standard InChI is InChI=1S/C20H13FN2O2S.C17H17FN2OS.C3H8.C2H6/c21-14-5-1-12(2-6-14)19(25)22-15-7-3-13(4-8-15)20-23-17-10-9-16(24)11-18(17)26-20;1-19-14-6-4-12(9-11(14)3-2-8-18)17-20-15-7-5-13(21)10-16(15)22-17;1-3-2;1-2/h1-11,24H,(H,22,25);4-7,9-10,19,21H,2-3,8H2,1H3;3H2,1-2H3;1-2H3. The van der Waals surface area contributed by atoms with Crippen LogP contribution in [0.3, 0.4) is 0 Å². The average Bonchev–Trinajstić information content (AvgIpc) is 3.80. The van der Waals surface area contributed by atoms with Gasteiger partial charge in [0.2, 0.25) is 0 Å². The number of fused-ring (bicyclic) bond motifs is 2. The number of anilines is 2. The number of hydrogen-bond donors (Lipinski definition) is 4. The smallest absolute Gasteiger partial charge is 0.255 e. The minimum Gasteiger partial charge on any atom is -0.508 e. The summed E-state index contributed by atoms with van der Waals surface area (Å²) in [7, 11) is 1.87. The first kappa shape index (κ1) is 40.4. The van der Waals surface area contributed by atoms with Gasteiger partial charge in [0.25, 0.3) is 5.91 Å². The number of carbonyl (C=O) groups is 1. The van der Waals surface area contributed by atoms with Crippen LogP contribution in [0, 0.1) is 5.82 Å². The molecule has 0 aliphatic carbocycles. The first-order valence-electron chi connectivity index (χ1n) is 17.4. The van der Waals surface area contributed by atoms with Crippen LogP contribution in [-0.4, -0.2) is 39.8 Å². The lowest BCUT2D eigenvalue weighted by molar-refractivity contribution is 0.102. The third-order valence-corrected chi connectivity index (χ3v) is 9.58. The molecular formula is C42H44F2N4O3S2. The second-order valence-corrected chi connectivity index (χ2v) is 13.6. The number of benzene rings is 5. The number of aromatic nitrogens is 2. The molecule has 1 amide bonds. The van der Waals surface area contributed by atoms with E-state index < -0.39 is 0 Å². The third kappa shape index (κ3) is 11.1. The quantitative estimate of drug-likeness (QED) is 0.123. The number of rotatable bonds is 8. The summed E-state index contributed by atoms with van der Waals surface area (Å²) >= 11 is 3.03. The Morgan fingerprint density at radius 2 is 1.26 bits per heavy atom. The molecule has 0 spiro atoms. The van der Waals surface area contributed by atoms with Gasteiger partial charge in [0, 0.05) is 35.1 Å². The predicted molar refractivity (Wildman–Crippen MR) is 219 cm³/mol. The topological polar surface area (TPSA) is 107 Å². The molecule has 0 atom stereocenters. The molecule has 4 N–H and O–H groups in total. The van der Waals surface area contributed by atoms with Crippen LogP contribution in [0.15, 0.2) is 103 Å². The van der Waals surface area contributed by atoms with Gasteiger partial charge in [0.15, 0.2) is 0 Å². The molecule has 2 aromatic heterocycles. The molecule has 0 bridgehead atoms. The molecule has 0 saturated carbocycles. The van der Waals surface area contributed by atoms with E-state index in [2.05, 4.69) is 40.5 Å². The number of hydrogen-bond acceptors (Lipinski definition) is 8. The van der Waals surface area contributed by atoms with Crippen molar-refractivity contribution in [3.63, 3.8) is 0 Å². The minimum absolute atomic E-state index is 0.214. The maximum absolute atomic E-state index is 12.9. The van der Waals surface area contributed by atoms with Crippen LogP contribution in [0.4, 0.5) is 20.2 Å². The Morgan fingerprint density at radius 1 is 0.736 bits per heavy atom. The van der Waals surface area contributed by atoms with Gasteiger partial charge in [-0.3, -0.25) is 9.18 Å². The van der Waals surface area contributed by atoms with E-state index in [9.17, 15) is 23.8 Å². The zero-order valence-electron chi connectivity index (χ0n) is 30.4. The Labute approximate surface area is 317 Å². The van der Waals surface area contributed by atoms with Crippen molar-refractivity contribution in [3.05, 3.63) is 120 Å². The second kappa shape index (κ2) is 20.0. The molecular weight excluding hydrogens is 711 g/mol. The van der Waals surface area contributed by atoms with E-state index in [0.717, 1.165) is 52.8 Å². The first-order valence-corrected chi connectivity index (χ1v) is 19.1. The van der Waals surface area contributed by atoms with Crippen LogP contribution < -0.4 is 10.6 Å². The molecule has 11 heteroatoms. The van der Waals surface area contributed by atoms with Crippen LogP contribution in [0.5, 0.6) is 11.5 Å². The van der Waals surface area contributed by atoms with E-state index in [0.29, 0.717) is 24.1 Å². The van der Waals surface area contributed by atoms with Crippen molar-refractivity contribution < 1.29 is 23.8 Å². The fraction of sp³-hybridized carbons (Fsp3) is 0.214. The van der Waals surface area contributed by atoms with E-state index in [1.807, 2.05) is 51.2 Å². The minimum atomic E-state index is -0.380. The molecule has 0 unspecified atom stereocenters. The lowest BCUT2D eigenvalue weighted by Crippen LogP contribution is -2.11. The van der Waals surface area contributed by atoms with Crippen molar-refractivity contribution in [1.29, 1.82) is 0 Å². The fourth-order valence-electron chi connectivity index (χ4n) is 5.01. The van der Waals surface area contributed by atoms with Crippen LogP contribution in [0.2, 0.25) is 0 Å². The maximum Gasteiger partial charge on any atom is 0.255 e. The lowest BCUT2D eigenvalue weighted by Gasteiger charge is -2.10. The Morgan fingerprint density at radius 3 is 1.79 bits per heavy atom. The number of alkyl halides is 1. The van der Waals surface area contributed by atoms with Gasteiger partial charge in [0.1, 0.15) is 27.3 Å². The number of phenolic OH excluding ortho intramolecular Hbond substituents is 2. The van der Waals surface area contributed by atoms with Crippen molar-refractivity contribution in [3.8, 4) is 32.6 Å². The van der Waals surface area contributed by atoms with Gasteiger partial charge >= 0.3 is 0 Å². The number of nitrogens with zero attached hydrogens (tertiary/aromatic N) is 2. The Bertz CT molecular complexity index is 2220. The largest absolute Gasteiger partial charge is 0.508 e. The van der Waals surface area contributed by atoms with E-state index >= 15 is 0 Å². The van der Waals surface area contributed by atoms with Crippen LogP contribution >= 0.6 is 22.7 Å². The van der Waals surface area contributed by atoms with Gasteiger partial charge in [-0.05, 0) is 122 Å². The Hall–Kier alpha value is -5.39. The number of aryl methyl sites for hydroxylation is 1. The first-order chi connectivity index (χ1) is 25.7. The number of carbonyl (C=O) groups excluding carboxylic acids is 1. The highest BCUT2D eigenvalue weighted by Crippen LogP contribution is 2.35. The van der Waals surface area contributed by atoms with E-state index in [-0.39, 0.29) is 29.9 Å². The fourth-order valence-corrected chi connectivity index (χ4v) is 7.01. The number of thiazole rings is 2. The number of amides is 1. The SMILES string of the molecule is CC.CCC.CNc1ccc(-c2nc3ccc(O)cc3s2)cc1CCCF.O=C(Nc1ccc(-c2nc3ccc(O)cc3s2)cc1)c1ccc(F)cc1. The van der Waals surface area contributed by atoms with Crippen molar-refractivity contribution in [2.45, 2.75) is 47.0 Å². The summed E-state index contributed by atoms with van der Waals surface area (Å²) in [6, 6.07) is 29.1. The highest BCUT2D eigenvalue weighted by Gasteiger charge is 2.11. The predicted octanol–water partition coefficient (Wildman–Crippen LogP) is 12.1. The zero-order chi connectivity index (χ0) is 38.3. The average molecular weight is 755 g/mol. The third-order valence-electron chi connectivity index (χ3n) is 7.44. The summed E-state index contributed by atoms with van der Waals surface area (Å²) < 4.78 is 27.3. The normalized spacial score (nSPS) is 10.3. The lowest BCUT2D eigenvalue weighted by atomic mass is 10.0. The van der Waals surface area contributed by atoms with Gasteiger partial charge in [-0.1, -0.05) is 34.1 Å². The van der Waals surface area contributed by atoms with Gasteiger partial charge in [-0.25, -0.2) is 14.4 Å². The number of halogens is 2. The van der Waals surface area contributed by atoms with Gasteiger partial charge in [0.05, 0.1) is 27.1 Å². The van der Waals surface area contributed by atoms with Crippen LogP contribution in [0.1, 0.15) is 56.5 Å². The van der Waals surface area contributed by atoms with Crippen LogP contribution in [-0.2, 0) is 6.42 Å². The summed E-state index contributed by atoms with van der Waals surface area (Å²) in [5.41, 5.74) is 6.80. The molecule has 0 aliphatic rings. The molecule has 7 aromatic rings. The molecule has 53 heavy (non-hydrogen) atoms. The molecule has 276 valence electrons. The van der Waals surface area contributed by atoms with Gasteiger partial charge < -0.3 is 20.8 Å². The number of aromatic hydroxyl groups is 2. The van der Waals surface area contributed by atoms with E-state index in [4.69, 9.17) is 0 Å². The number of phenols is 2. The van der Waals surface area contributed by atoms with Crippen molar-refractivity contribution >= 4 is 60.4 Å². The van der Waals surface area contributed by atoms with Gasteiger partial charge in [-0.15, -0.1) is 22.7 Å². The van der Waals surface area contributed by atoms with E-state index in [1.54, 1.807) is 53.8 Å². The monoisotopic (exact) mass is 754 g/mol. The Kier molecular flexibility index (Phi) is 15.2. The molecule has 0 radical (unpaired) electrons. The summed E-state index contributed by atoms with van der Waals surface area (Å²) in [4.78, 5) is 21.3. The molecule has 0 fully saturated rings. The zero-order valence-corrected chi connectivity index (χ0v) is 32.0. The van der Waals surface area contributed by atoms with Crippen LogP contribution in [0.25, 0.3) is 41.6 Å². The van der Waals surface area contributed by atoms with E-state index in [1.165, 1.54) is 42.0 Å².